The summed E-state index contributed by atoms with van der Waals surface area (Å²) in [4.78, 5) is 14.4. The molecule has 4 rings (SSSR count). The van der Waals surface area contributed by atoms with Crippen molar-refractivity contribution in [2.75, 3.05) is 18.4 Å². The average Bonchev–Trinajstić information content (AvgIpc) is 2.72. The van der Waals surface area contributed by atoms with Gasteiger partial charge in [-0.3, -0.25) is 9.69 Å². The van der Waals surface area contributed by atoms with Crippen molar-refractivity contribution in [3.63, 3.8) is 0 Å². The van der Waals surface area contributed by atoms with Crippen molar-refractivity contribution in [3.8, 4) is 0 Å². The molecule has 0 spiro atoms. The number of likely N-dealkylation sites (tertiary alicyclic amines) is 1. The van der Waals surface area contributed by atoms with Gasteiger partial charge in [-0.2, -0.15) is 0 Å². The molecule has 0 aromatic heterocycles. The van der Waals surface area contributed by atoms with E-state index in [9.17, 15) is 4.79 Å². The number of piperidine rings is 1. The first kappa shape index (κ1) is 22.0. The molecule has 1 amide bonds. The lowest BCUT2D eigenvalue weighted by molar-refractivity contribution is -0.114. The summed E-state index contributed by atoms with van der Waals surface area (Å²) in [6.45, 7) is 13.7. The summed E-state index contributed by atoms with van der Waals surface area (Å²) >= 11 is 0. The monoisotopic (exact) mass is 420 g/mol. The van der Waals surface area contributed by atoms with Gasteiger partial charge in [0.2, 0.25) is 5.91 Å². The molecule has 2 aliphatic rings. The largest absolute Gasteiger partial charge is 0.373 e. The maximum Gasteiger partial charge on any atom is 0.221 e. The molecule has 1 heterocycles. The standard InChI is InChI=1S/C27H36N2O2/c1-19(31-18-21-10-7-6-8-11-21)17-29-15-14-27(5)23-12-9-13-24(28-20(2)30)22(23)16-25(29)26(27,3)4/h6-13,19,25H,14-18H2,1-5H3,(H,28,30). The van der Waals surface area contributed by atoms with Gasteiger partial charge in [-0.25, -0.2) is 0 Å². The topological polar surface area (TPSA) is 41.6 Å². The third kappa shape index (κ3) is 4.04. The molecule has 1 N–H and O–H groups in total. The third-order valence-corrected chi connectivity index (χ3v) is 7.94. The quantitative estimate of drug-likeness (QED) is 0.701. The van der Waals surface area contributed by atoms with Gasteiger partial charge in [0.05, 0.1) is 12.7 Å². The maximum absolute atomic E-state index is 11.8. The molecule has 2 aromatic carbocycles. The van der Waals surface area contributed by atoms with Crippen molar-refractivity contribution in [1.29, 1.82) is 0 Å². The van der Waals surface area contributed by atoms with Crippen molar-refractivity contribution in [2.45, 2.75) is 71.6 Å². The zero-order valence-corrected chi connectivity index (χ0v) is 19.6. The highest BCUT2D eigenvalue weighted by Gasteiger charge is 2.56. The lowest BCUT2D eigenvalue weighted by atomic mass is 9.51. The smallest absolute Gasteiger partial charge is 0.221 e. The van der Waals surface area contributed by atoms with Gasteiger partial charge in [0, 0.05) is 30.6 Å². The zero-order chi connectivity index (χ0) is 22.2. The zero-order valence-electron chi connectivity index (χ0n) is 19.6. The average molecular weight is 421 g/mol. The van der Waals surface area contributed by atoms with E-state index >= 15 is 0 Å². The van der Waals surface area contributed by atoms with Crippen LogP contribution in [0.15, 0.2) is 48.5 Å². The van der Waals surface area contributed by atoms with Gasteiger partial charge in [-0.05, 0) is 54.5 Å². The van der Waals surface area contributed by atoms with Crippen molar-refractivity contribution in [3.05, 3.63) is 65.2 Å². The fourth-order valence-corrected chi connectivity index (χ4v) is 5.77. The molecular weight excluding hydrogens is 384 g/mol. The molecule has 166 valence electrons. The summed E-state index contributed by atoms with van der Waals surface area (Å²) in [7, 11) is 0. The summed E-state index contributed by atoms with van der Waals surface area (Å²) in [5.41, 5.74) is 5.14. The van der Waals surface area contributed by atoms with Gasteiger partial charge >= 0.3 is 0 Å². The highest BCUT2D eigenvalue weighted by atomic mass is 16.5. The predicted octanol–water partition coefficient (Wildman–Crippen LogP) is 5.16. The lowest BCUT2D eigenvalue weighted by Gasteiger charge is -2.61. The van der Waals surface area contributed by atoms with E-state index in [2.05, 4.69) is 74.3 Å². The normalized spacial score (nSPS) is 25.5. The molecule has 0 saturated carbocycles. The van der Waals surface area contributed by atoms with E-state index in [0.29, 0.717) is 12.6 Å². The lowest BCUT2D eigenvalue weighted by Crippen LogP contribution is -2.64. The van der Waals surface area contributed by atoms with E-state index in [1.165, 1.54) is 16.7 Å². The van der Waals surface area contributed by atoms with Gasteiger partial charge in [0.15, 0.2) is 0 Å². The van der Waals surface area contributed by atoms with E-state index in [1.807, 2.05) is 12.1 Å². The molecule has 2 aromatic rings. The van der Waals surface area contributed by atoms with E-state index < -0.39 is 0 Å². The number of rotatable bonds is 6. The Balaban J connectivity index is 1.55. The summed E-state index contributed by atoms with van der Waals surface area (Å²) < 4.78 is 6.21. The second kappa shape index (κ2) is 8.40. The molecule has 31 heavy (non-hydrogen) atoms. The molecule has 1 aliphatic heterocycles. The third-order valence-electron chi connectivity index (χ3n) is 7.94. The highest BCUT2D eigenvalue weighted by molar-refractivity contribution is 5.90. The van der Waals surface area contributed by atoms with Crippen LogP contribution >= 0.6 is 0 Å². The van der Waals surface area contributed by atoms with Crippen molar-refractivity contribution >= 4 is 11.6 Å². The summed E-state index contributed by atoms with van der Waals surface area (Å²) in [6, 6.07) is 17.2. The van der Waals surface area contributed by atoms with E-state index in [1.54, 1.807) is 6.92 Å². The Kier molecular flexibility index (Phi) is 5.97. The van der Waals surface area contributed by atoms with Crippen LogP contribution < -0.4 is 5.32 Å². The number of carbonyl (C=O) groups is 1. The number of nitrogens with one attached hydrogen (secondary N) is 1. The summed E-state index contributed by atoms with van der Waals surface area (Å²) in [5.74, 6) is -0.00617. The molecular formula is C27H36N2O2. The number of amides is 1. The molecule has 1 aliphatic carbocycles. The van der Waals surface area contributed by atoms with Crippen LogP contribution in [-0.4, -0.2) is 36.0 Å². The van der Waals surface area contributed by atoms with Gasteiger partial charge in [0.1, 0.15) is 0 Å². The van der Waals surface area contributed by atoms with Gasteiger partial charge in [0.25, 0.3) is 0 Å². The minimum Gasteiger partial charge on any atom is -0.373 e. The van der Waals surface area contributed by atoms with Gasteiger partial charge < -0.3 is 10.1 Å². The number of anilines is 1. The number of benzene rings is 2. The number of nitrogens with zero attached hydrogens (tertiary/aromatic N) is 1. The van der Waals surface area contributed by atoms with Crippen LogP contribution in [-0.2, 0) is 28.0 Å². The predicted molar refractivity (Wildman–Crippen MR) is 126 cm³/mol. The summed E-state index contributed by atoms with van der Waals surface area (Å²) in [6.07, 6.45) is 2.23. The Labute approximate surface area is 187 Å². The fraction of sp³-hybridized carbons (Fsp3) is 0.519. The molecule has 1 saturated heterocycles. The number of carbonyl (C=O) groups excluding carboxylic acids is 1. The Morgan fingerprint density at radius 3 is 2.61 bits per heavy atom. The molecule has 4 heteroatoms. The van der Waals surface area contributed by atoms with E-state index in [0.717, 1.165) is 31.6 Å². The van der Waals surface area contributed by atoms with Crippen LogP contribution in [0.3, 0.4) is 0 Å². The first-order valence-corrected chi connectivity index (χ1v) is 11.5. The first-order valence-electron chi connectivity index (χ1n) is 11.5. The molecule has 0 radical (unpaired) electrons. The van der Waals surface area contributed by atoms with Gasteiger partial charge in [-0.15, -0.1) is 0 Å². The molecule has 2 bridgehead atoms. The highest BCUT2D eigenvalue weighted by Crippen LogP contribution is 2.57. The maximum atomic E-state index is 11.8. The minimum absolute atomic E-state index is 0.00617. The number of ether oxygens (including phenoxy) is 1. The molecule has 3 atom stereocenters. The first-order chi connectivity index (χ1) is 14.7. The number of fused-ring (bicyclic) bond motifs is 4. The van der Waals surface area contributed by atoms with Crippen LogP contribution in [0.25, 0.3) is 0 Å². The van der Waals surface area contributed by atoms with Crippen LogP contribution in [0.2, 0.25) is 0 Å². The van der Waals surface area contributed by atoms with E-state index in [-0.39, 0.29) is 22.8 Å². The Morgan fingerprint density at radius 1 is 1.16 bits per heavy atom. The van der Waals surface area contributed by atoms with Crippen LogP contribution in [0.1, 0.15) is 57.7 Å². The Bertz CT molecular complexity index is 940. The van der Waals surface area contributed by atoms with E-state index in [4.69, 9.17) is 4.74 Å². The van der Waals surface area contributed by atoms with Gasteiger partial charge in [-0.1, -0.05) is 63.2 Å². The van der Waals surface area contributed by atoms with Crippen molar-refractivity contribution < 1.29 is 9.53 Å². The van der Waals surface area contributed by atoms with Crippen molar-refractivity contribution in [1.82, 2.24) is 4.90 Å². The summed E-state index contributed by atoms with van der Waals surface area (Å²) in [5, 5.41) is 3.08. The SMILES string of the molecule is CC(=O)Nc1cccc2c1CC1N(CC(C)OCc3ccccc3)CCC2(C)C1(C)C. The molecule has 3 unspecified atom stereocenters. The van der Waals surface area contributed by atoms with Crippen LogP contribution in [0.4, 0.5) is 5.69 Å². The fourth-order valence-electron chi connectivity index (χ4n) is 5.77. The minimum atomic E-state index is -0.00617. The second-order valence-corrected chi connectivity index (χ2v) is 10.1. The number of hydrogen-bond acceptors (Lipinski definition) is 3. The van der Waals surface area contributed by atoms with Crippen LogP contribution in [0.5, 0.6) is 0 Å². The van der Waals surface area contributed by atoms with Crippen LogP contribution in [0, 0.1) is 5.41 Å². The second-order valence-electron chi connectivity index (χ2n) is 10.1. The Morgan fingerprint density at radius 2 is 1.90 bits per heavy atom. The van der Waals surface area contributed by atoms with Crippen molar-refractivity contribution in [2.24, 2.45) is 5.41 Å². The Hall–Kier alpha value is -2.17. The number of hydrogen-bond donors (Lipinski definition) is 1. The molecule has 4 nitrogen and oxygen atoms in total. The molecule has 1 fully saturated rings.